The van der Waals surface area contributed by atoms with Gasteiger partial charge in [-0.25, -0.2) is 4.98 Å². The van der Waals surface area contributed by atoms with Crippen LogP contribution in [-0.4, -0.2) is 15.9 Å². The normalized spacial score (nSPS) is 11.3. The molecule has 0 unspecified atom stereocenters. The average molecular weight is 309 g/mol. The van der Waals surface area contributed by atoms with E-state index in [2.05, 4.69) is 15.3 Å². The van der Waals surface area contributed by atoms with Crippen molar-refractivity contribution in [2.24, 2.45) is 0 Å². The van der Waals surface area contributed by atoms with E-state index in [1.807, 2.05) is 6.92 Å². The third kappa shape index (κ3) is 4.03. The molecule has 2 rings (SSSR count). The van der Waals surface area contributed by atoms with Crippen molar-refractivity contribution in [2.45, 2.75) is 25.9 Å². The molecular weight excluding hydrogens is 295 g/mol. The summed E-state index contributed by atoms with van der Waals surface area (Å²) < 4.78 is 38.0. The second-order valence-electron chi connectivity index (χ2n) is 4.69. The summed E-state index contributed by atoms with van der Waals surface area (Å²) in [5.74, 6) is 0.214. The topological polar surface area (TPSA) is 54.9 Å². The lowest BCUT2D eigenvalue weighted by atomic mass is 10.1. The first kappa shape index (κ1) is 15.9. The van der Waals surface area contributed by atoms with Crippen molar-refractivity contribution >= 4 is 11.7 Å². The quantitative estimate of drug-likeness (QED) is 0.932. The third-order valence-electron chi connectivity index (χ3n) is 2.91. The number of hydrogen-bond donors (Lipinski definition) is 1. The second-order valence-corrected chi connectivity index (χ2v) is 4.69. The first-order valence-corrected chi connectivity index (χ1v) is 6.68. The zero-order chi connectivity index (χ0) is 16.2. The number of halogens is 3. The van der Waals surface area contributed by atoms with Crippen LogP contribution in [0.4, 0.5) is 19.0 Å². The molecule has 2 heterocycles. The summed E-state index contributed by atoms with van der Waals surface area (Å²) in [6.45, 7) is 1.89. The lowest BCUT2D eigenvalue weighted by molar-refractivity contribution is -0.137. The summed E-state index contributed by atoms with van der Waals surface area (Å²) in [6.07, 6.45) is 0.182. The molecule has 0 atom stereocenters. The number of alkyl halides is 3. The van der Waals surface area contributed by atoms with Crippen molar-refractivity contribution < 1.29 is 18.0 Å². The van der Waals surface area contributed by atoms with Crippen LogP contribution in [0.5, 0.6) is 0 Å². The molecule has 0 radical (unpaired) electrons. The number of aromatic nitrogens is 2. The van der Waals surface area contributed by atoms with E-state index in [1.165, 1.54) is 12.4 Å². The molecule has 0 bridgehead atoms. The Morgan fingerprint density at radius 3 is 2.55 bits per heavy atom. The van der Waals surface area contributed by atoms with Crippen molar-refractivity contribution in [2.75, 3.05) is 5.32 Å². The Hall–Kier alpha value is -2.44. The van der Waals surface area contributed by atoms with Gasteiger partial charge in [0.05, 0.1) is 5.56 Å². The van der Waals surface area contributed by atoms with Crippen LogP contribution >= 0.6 is 0 Å². The molecule has 7 heteroatoms. The number of rotatable bonds is 4. The van der Waals surface area contributed by atoms with Gasteiger partial charge in [0.25, 0.3) is 0 Å². The fraction of sp³-hybridized carbons (Fsp3) is 0.267. The minimum absolute atomic E-state index is 0.150. The number of hydrogen-bond acceptors (Lipinski definition) is 3. The molecule has 0 aliphatic carbocycles. The van der Waals surface area contributed by atoms with Crippen LogP contribution in [0.25, 0.3) is 11.1 Å². The van der Waals surface area contributed by atoms with Gasteiger partial charge in [-0.2, -0.15) is 13.2 Å². The van der Waals surface area contributed by atoms with Crippen LogP contribution in [0.1, 0.15) is 25.3 Å². The van der Waals surface area contributed by atoms with Gasteiger partial charge in [-0.3, -0.25) is 9.78 Å². The van der Waals surface area contributed by atoms with Gasteiger partial charge < -0.3 is 5.32 Å². The largest absolute Gasteiger partial charge is 0.417 e. The van der Waals surface area contributed by atoms with Crippen molar-refractivity contribution in [1.82, 2.24) is 9.97 Å². The fourth-order valence-electron chi connectivity index (χ4n) is 1.82. The van der Waals surface area contributed by atoms with E-state index in [-0.39, 0.29) is 5.91 Å². The van der Waals surface area contributed by atoms with Crippen molar-refractivity contribution in [1.29, 1.82) is 0 Å². The molecule has 0 saturated heterocycles. The molecule has 1 N–H and O–H groups in total. The number of carbonyl (C=O) groups excluding carboxylic acids is 1. The van der Waals surface area contributed by atoms with Crippen molar-refractivity contribution in [3.05, 3.63) is 42.4 Å². The van der Waals surface area contributed by atoms with Gasteiger partial charge in [0, 0.05) is 36.1 Å². The maximum absolute atomic E-state index is 12.7. The molecular formula is C15H14F3N3O. The molecule has 0 saturated carbocycles. The van der Waals surface area contributed by atoms with Crippen LogP contribution in [0, 0.1) is 0 Å². The Morgan fingerprint density at radius 1 is 1.18 bits per heavy atom. The molecule has 116 valence electrons. The predicted molar refractivity (Wildman–Crippen MR) is 76.0 cm³/mol. The van der Waals surface area contributed by atoms with Crippen LogP contribution in [-0.2, 0) is 11.0 Å². The number of nitrogens with one attached hydrogen (secondary N) is 1. The molecule has 2 aromatic rings. The Kier molecular flexibility index (Phi) is 4.75. The van der Waals surface area contributed by atoms with E-state index in [0.717, 1.165) is 18.7 Å². The number of anilines is 1. The maximum Gasteiger partial charge on any atom is 0.417 e. The van der Waals surface area contributed by atoms with E-state index in [4.69, 9.17) is 0 Å². The Labute approximate surface area is 125 Å². The van der Waals surface area contributed by atoms with E-state index in [9.17, 15) is 18.0 Å². The number of nitrogens with zero attached hydrogens (tertiary/aromatic N) is 2. The fourth-order valence-corrected chi connectivity index (χ4v) is 1.82. The SMILES string of the molecule is CCCC(=O)Nc1ccc(-c2cncc(C(F)(F)F)c2)cn1. The molecule has 4 nitrogen and oxygen atoms in total. The zero-order valence-corrected chi connectivity index (χ0v) is 11.8. The smallest absolute Gasteiger partial charge is 0.311 e. The Balaban J connectivity index is 2.19. The molecule has 0 aliphatic rings. The number of pyridine rings is 2. The van der Waals surface area contributed by atoms with Crippen LogP contribution in [0.3, 0.4) is 0 Å². The van der Waals surface area contributed by atoms with Gasteiger partial charge in [0.1, 0.15) is 5.82 Å². The van der Waals surface area contributed by atoms with Gasteiger partial charge in [0.2, 0.25) is 5.91 Å². The van der Waals surface area contributed by atoms with Crippen LogP contribution in [0.15, 0.2) is 36.8 Å². The molecule has 0 fully saturated rings. The highest BCUT2D eigenvalue weighted by atomic mass is 19.4. The van der Waals surface area contributed by atoms with Gasteiger partial charge in [-0.1, -0.05) is 6.92 Å². The zero-order valence-electron chi connectivity index (χ0n) is 11.8. The van der Waals surface area contributed by atoms with E-state index in [0.29, 0.717) is 23.4 Å². The molecule has 1 amide bonds. The summed E-state index contributed by atoms with van der Waals surface area (Å²) in [5.41, 5.74) is -0.00817. The summed E-state index contributed by atoms with van der Waals surface area (Å²) in [7, 11) is 0. The highest BCUT2D eigenvalue weighted by Crippen LogP contribution is 2.31. The monoisotopic (exact) mass is 309 g/mol. The standard InChI is InChI=1S/C15H14F3N3O/c1-2-3-14(22)21-13-5-4-10(8-20-13)11-6-12(9-19-7-11)15(16,17)18/h4-9H,2-3H2,1H3,(H,20,21,22). The second kappa shape index (κ2) is 6.55. The number of carbonyl (C=O) groups is 1. The summed E-state index contributed by atoms with van der Waals surface area (Å²) in [4.78, 5) is 19.1. The Morgan fingerprint density at radius 2 is 1.95 bits per heavy atom. The molecule has 0 aromatic carbocycles. The molecule has 2 aromatic heterocycles. The highest BCUT2D eigenvalue weighted by Gasteiger charge is 2.31. The van der Waals surface area contributed by atoms with Crippen LogP contribution < -0.4 is 5.32 Å². The van der Waals surface area contributed by atoms with Crippen LogP contribution in [0.2, 0.25) is 0 Å². The van der Waals surface area contributed by atoms with Crippen molar-refractivity contribution in [3.8, 4) is 11.1 Å². The van der Waals surface area contributed by atoms with Gasteiger partial charge in [0.15, 0.2) is 0 Å². The lowest BCUT2D eigenvalue weighted by Gasteiger charge is -2.08. The first-order valence-electron chi connectivity index (χ1n) is 6.68. The lowest BCUT2D eigenvalue weighted by Crippen LogP contribution is -2.11. The first-order chi connectivity index (χ1) is 10.4. The Bertz CT molecular complexity index is 654. The molecule has 0 spiro atoms. The van der Waals surface area contributed by atoms with Gasteiger partial charge >= 0.3 is 6.18 Å². The van der Waals surface area contributed by atoms with Crippen molar-refractivity contribution in [3.63, 3.8) is 0 Å². The maximum atomic E-state index is 12.7. The average Bonchev–Trinajstić information content (AvgIpc) is 2.47. The third-order valence-corrected chi connectivity index (χ3v) is 2.91. The van der Waals surface area contributed by atoms with E-state index in [1.54, 1.807) is 12.1 Å². The summed E-state index contributed by atoms with van der Waals surface area (Å²) in [5, 5.41) is 2.61. The predicted octanol–water partition coefficient (Wildman–Crippen LogP) is 3.90. The van der Waals surface area contributed by atoms with Gasteiger partial charge in [-0.15, -0.1) is 0 Å². The summed E-state index contributed by atoms with van der Waals surface area (Å²) >= 11 is 0. The minimum Gasteiger partial charge on any atom is -0.311 e. The number of amides is 1. The minimum atomic E-state index is -4.44. The summed E-state index contributed by atoms with van der Waals surface area (Å²) in [6, 6.07) is 4.15. The highest BCUT2D eigenvalue weighted by molar-refractivity contribution is 5.89. The van der Waals surface area contributed by atoms with Gasteiger partial charge in [-0.05, 0) is 24.6 Å². The molecule has 0 aliphatic heterocycles. The molecule has 22 heavy (non-hydrogen) atoms. The van der Waals surface area contributed by atoms with E-state index < -0.39 is 11.7 Å². The van der Waals surface area contributed by atoms with E-state index >= 15 is 0 Å².